The zero-order valence-electron chi connectivity index (χ0n) is 11.6. The van der Waals surface area contributed by atoms with Gasteiger partial charge in [-0.1, -0.05) is 6.07 Å². The van der Waals surface area contributed by atoms with Crippen molar-refractivity contribution in [2.24, 2.45) is 11.8 Å². The molecular formula is C15H19NO5. The van der Waals surface area contributed by atoms with E-state index in [-0.39, 0.29) is 23.1 Å². The maximum Gasteiger partial charge on any atom is 0.306 e. The van der Waals surface area contributed by atoms with E-state index < -0.39 is 17.6 Å². The van der Waals surface area contributed by atoms with Gasteiger partial charge in [-0.05, 0) is 43.7 Å². The van der Waals surface area contributed by atoms with Crippen LogP contribution in [0.1, 0.15) is 36.0 Å². The average molecular weight is 293 g/mol. The van der Waals surface area contributed by atoms with Crippen molar-refractivity contribution in [3.8, 4) is 11.5 Å². The van der Waals surface area contributed by atoms with E-state index in [1.165, 1.54) is 18.2 Å². The van der Waals surface area contributed by atoms with E-state index in [1.807, 2.05) is 0 Å². The molecule has 1 amide bonds. The third-order valence-electron chi connectivity index (χ3n) is 4.01. The first-order chi connectivity index (χ1) is 9.99. The van der Waals surface area contributed by atoms with Gasteiger partial charge in [0.2, 0.25) is 0 Å². The molecule has 0 bridgehead atoms. The predicted octanol–water partition coefficient (Wildman–Crippen LogP) is 1.72. The molecule has 2 rings (SSSR count). The lowest BCUT2D eigenvalue weighted by molar-refractivity contribution is -0.143. The van der Waals surface area contributed by atoms with Gasteiger partial charge in [0.05, 0.1) is 11.5 Å². The number of carboxylic acids is 1. The quantitative estimate of drug-likeness (QED) is 0.632. The normalized spacial score (nSPS) is 21.7. The van der Waals surface area contributed by atoms with Crippen LogP contribution < -0.4 is 5.32 Å². The molecule has 114 valence electrons. The maximum atomic E-state index is 12.0. The number of carbonyl (C=O) groups is 2. The van der Waals surface area contributed by atoms with Gasteiger partial charge in [-0.3, -0.25) is 9.59 Å². The lowest BCUT2D eigenvalue weighted by Gasteiger charge is -2.26. The lowest BCUT2D eigenvalue weighted by Crippen LogP contribution is -2.32. The van der Waals surface area contributed by atoms with Crippen LogP contribution >= 0.6 is 0 Å². The SMILES string of the molecule is O=C(NCC1CCC(C(=O)O)CC1)c1cccc(O)c1O. The van der Waals surface area contributed by atoms with Crippen LogP contribution in [0.25, 0.3) is 0 Å². The minimum Gasteiger partial charge on any atom is -0.504 e. The van der Waals surface area contributed by atoms with Gasteiger partial charge in [-0.25, -0.2) is 0 Å². The van der Waals surface area contributed by atoms with Gasteiger partial charge in [0.15, 0.2) is 11.5 Å². The van der Waals surface area contributed by atoms with Crippen molar-refractivity contribution >= 4 is 11.9 Å². The largest absolute Gasteiger partial charge is 0.504 e. The molecule has 0 saturated heterocycles. The van der Waals surface area contributed by atoms with Gasteiger partial charge in [-0.15, -0.1) is 0 Å². The zero-order chi connectivity index (χ0) is 15.4. The van der Waals surface area contributed by atoms with E-state index in [4.69, 9.17) is 5.11 Å². The molecule has 1 saturated carbocycles. The molecule has 1 aromatic carbocycles. The summed E-state index contributed by atoms with van der Waals surface area (Å²) in [6.45, 7) is 0.445. The third-order valence-corrected chi connectivity index (χ3v) is 4.01. The minimum absolute atomic E-state index is 0.0363. The van der Waals surface area contributed by atoms with Crippen molar-refractivity contribution < 1.29 is 24.9 Å². The van der Waals surface area contributed by atoms with Crippen LogP contribution in [-0.4, -0.2) is 33.7 Å². The Hall–Kier alpha value is -2.24. The van der Waals surface area contributed by atoms with Crippen LogP contribution in [0.2, 0.25) is 0 Å². The number of phenolic OH excluding ortho intramolecular Hbond substituents is 2. The van der Waals surface area contributed by atoms with Crippen LogP contribution in [0.15, 0.2) is 18.2 Å². The molecule has 1 aromatic rings. The summed E-state index contributed by atoms with van der Waals surface area (Å²) >= 11 is 0. The maximum absolute atomic E-state index is 12.0. The molecule has 0 aromatic heterocycles. The van der Waals surface area contributed by atoms with Crippen molar-refractivity contribution in [2.45, 2.75) is 25.7 Å². The van der Waals surface area contributed by atoms with E-state index >= 15 is 0 Å². The van der Waals surface area contributed by atoms with Crippen LogP contribution in [0, 0.1) is 11.8 Å². The molecule has 0 aliphatic heterocycles. The molecule has 1 aliphatic rings. The summed E-state index contributed by atoms with van der Waals surface area (Å²) in [4.78, 5) is 22.8. The van der Waals surface area contributed by atoms with E-state index in [2.05, 4.69) is 5.32 Å². The first-order valence-electron chi connectivity index (χ1n) is 7.01. The number of phenols is 2. The monoisotopic (exact) mass is 293 g/mol. The second-order valence-corrected chi connectivity index (χ2v) is 5.44. The number of rotatable bonds is 4. The van der Waals surface area contributed by atoms with E-state index in [1.54, 1.807) is 0 Å². The van der Waals surface area contributed by atoms with Crippen LogP contribution in [0.4, 0.5) is 0 Å². The summed E-state index contributed by atoms with van der Waals surface area (Å²) in [5.41, 5.74) is 0.0363. The number of hydrogen-bond donors (Lipinski definition) is 4. The van der Waals surface area contributed by atoms with Gasteiger partial charge in [-0.2, -0.15) is 0 Å². The highest BCUT2D eigenvalue weighted by Gasteiger charge is 2.26. The summed E-state index contributed by atoms with van der Waals surface area (Å²) in [7, 11) is 0. The summed E-state index contributed by atoms with van der Waals surface area (Å²) in [6.07, 6.45) is 2.80. The highest BCUT2D eigenvalue weighted by atomic mass is 16.4. The minimum atomic E-state index is -0.748. The van der Waals surface area contributed by atoms with Crippen LogP contribution in [0.5, 0.6) is 11.5 Å². The molecule has 1 fully saturated rings. The number of aliphatic carboxylic acids is 1. The number of amides is 1. The average Bonchev–Trinajstić information content (AvgIpc) is 2.48. The molecule has 0 radical (unpaired) electrons. The molecule has 0 atom stereocenters. The smallest absolute Gasteiger partial charge is 0.306 e. The summed E-state index contributed by atoms with van der Waals surface area (Å²) in [6, 6.07) is 4.23. The topological polar surface area (TPSA) is 107 Å². The number of para-hydroxylation sites is 1. The molecule has 21 heavy (non-hydrogen) atoms. The van der Waals surface area contributed by atoms with Crippen LogP contribution in [-0.2, 0) is 4.79 Å². The number of carboxylic acid groups (broad SMARTS) is 1. The highest BCUT2D eigenvalue weighted by molar-refractivity contribution is 5.97. The third kappa shape index (κ3) is 3.65. The van der Waals surface area contributed by atoms with Gasteiger partial charge in [0.25, 0.3) is 5.91 Å². The van der Waals surface area contributed by atoms with Gasteiger partial charge in [0, 0.05) is 6.54 Å². The summed E-state index contributed by atoms with van der Waals surface area (Å²) in [5, 5.41) is 30.6. The number of benzene rings is 1. The Morgan fingerprint density at radius 2 is 1.81 bits per heavy atom. The Kier molecular flexibility index (Phi) is 4.67. The molecule has 6 heteroatoms. The number of hydrogen-bond acceptors (Lipinski definition) is 4. The van der Waals surface area contributed by atoms with E-state index in [9.17, 15) is 19.8 Å². The molecule has 0 spiro atoms. The van der Waals surface area contributed by atoms with Crippen molar-refractivity contribution in [3.63, 3.8) is 0 Å². The van der Waals surface area contributed by atoms with E-state index in [0.29, 0.717) is 19.4 Å². The Morgan fingerprint density at radius 3 is 2.43 bits per heavy atom. The summed E-state index contributed by atoms with van der Waals surface area (Å²) in [5.74, 6) is -1.96. The molecule has 0 unspecified atom stereocenters. The first-order valence-corrected chi connectivity index (χ1v) is 7.01. The summed E-state index contributed by atoms with van der Waals surface area (Å²) < 4.78 is 0. The van der Waals surface area contributed by atoms with Gasteiger partial charge < -0.3 is 20.6 Å². The molecule has 1 aliphatic carbocycles. The zero-order valence-corrected chi connectivity index (χ0v) is 11.6. The first kappa shape index (κ1) is 15.2. The standard InChI is InChI=1S/C15H19NO5/c17-12-3-1-2-11(13(12)18)14(19)16-8-9-4-6-10(7-5-9)15(20)21/h1-3,9-10,17-18H,4-8H2,(H,16,19)(H,20,21). The van der Waals surface area contributed by atoms with Gasteiger partial charge >= 0.3 is 5.97 Å². The van der Waals surface area contributed by atoms with Crippen LogP contribution in [0.3, 0.4) is 0 Å². The van der Waals surface area contributed by atoms with Gasteiger partial charge in [0.1, 0.15) is 0 Å². The van der Waals surface area contributed by atoms with Crippen molar-refractivity contribution in [1.29, 1.82) is 0 Å². The Labute approximate surface area is 122 Å². The molecule has 4 N–H and O–H groups in total. The number of aromatic hydroxyl groups is 2. The Bertz CT molecular complexity index is 535. The fourth-order valence-electron chi connectivity index (χ4n) is 2.66. The fourth-order valence-corrected chi connectivity index (χ4v) is 2.66. The lowest BCUT2D eigenvalue weighted by atomic mass is 9.82. The number of nitrogens with one attached hydrogen (secondary N) is 1. The second kappa shape index (κ2) is 6.47. The predicted molar refractivity (Wildman–Crippen MR) is 75.2 cm³/mol. The molecule has 0 heterocycles. The second-order valence-electron chi connectivity index (χ2n) is 5.44. The van der Waals surface area contributed by atoms with E-state index in [0.717, 1.165) is 12.8 Å². The Balaban J connectivity index is 1.85. The van der Waals surface area contributed by atoms with Crippen molar-refractivity contribution in [1.82, 2.24) is 5.32 Å². The Morgan fingerprint density at radius 1 is 1.14 bits per heavy atom. The molecular weight excluding hydrogens is 274 g/mol. The van der Waals surface area contributed by atoms with Crippen molar-refractivity contribution in [3.05, 3.63) is 23.8 Å². The fraction of sp³-hybridized carbons (Fsp3) is 0.467. The number of carbonyl (C=O) groups excluding carboxylic acids is 1. The molecule has 6 nitrogen and oxygen atoms in total. The highest BCUT2D eigenvalue weighted by Crippen LogP contribution is 2.30. The van der Waals surface area contributed by atoms with Crippen molar-refractivity contribution in [2.75, 3.05) is 6.54 Å².